The Kier molecular flexibility index (Phi) is 4.50. The number of hydrogen-bond acceptors (Lipinski definition) is 2. The number of hydrogen-bond donors (Lipinski definition) is 1. The van der Waals surface area contributed by atoms with Gasteiger partial charge in [-0.3, -0.25) is 0 Å². The predicted octanol–water partition coefficient (Wildman–Crippen LogP) is 3.13. The van der Waals surface area contributed by atoms with Crippen LogP contribution < -0.4 is 5.73 Å². The highest BCUT2D eigenvalue weighted by molar-refractivity contribution is 5.33. The van der Waals surface area contributed by atoms with Gasteiger partial charge in [-0.15, -0.1) is 0 Å². The summed E-state index contributed by atoms with van der Waals surface area (Å²) in [6.07, 6.45) is 1.000. The Balaban J connectivity index is 1.87. The monoisotopic (exact) mass is 302 g/mol. The van der Waals surface area contributed by atoms with Crippen molar-refractivity contribution in [3.8, 4) is 0 Å². The second-order valence-corrected chi connectivity index (χ2v) is 5.96. The molecule has 0 saturated carbocycles. The molecule has 0 aliphatic carbocycles. The Labute approximate surface area is 129 Å². The molecule has 1 atom stereocenters. The molecule has 1 unspecified atom stereocenters. The lowest BCUT2D eigenvalue weighted by atomic mass is 9.90. The molecule has 2 aromatic carbocycles. The number of rotatable bonds is 4. The third-order valence-electron chi connectivity index (χ3n) is 4.29. The minimum Gasteiger partial charge on any atom is -0.326 e. The van der Waals surface area contributed by atoms with E-state index in [0.717, 1.165) is 37.2 Å². The quantitative estimate of drug-likeness (QED) is 0.940. The second kappa shape index (κ2) is 6.55. The van der Waals surface area contributed by atoms with Crippen molar-refractivity contribution in [2.24, 2.45) is 5.73 Å². The van der Waals surface area contributed by atoms with Crippen LogP contribution in [0.1, 0.15) is 23.5 Å². The molecule has 1 aliphatic rings. The summed E-state index contributed by atoms with van der Waals surface area (Å²) in [6.45, 7) is 2.66. The van der Waals surface area contributed by atoms with Crippen LogP contribution in [0.2, 0.25) is 0 Å². The van der Waals surface area contributed by atoms with Crippen molar-refractivity contribution < 1.29 is 8.78 Å². The lowest BCUT2D eigenvalue weighted by Gasteiger charge is -2.24. The van der Waals surface area contributed by atoms with E-state index in [0.29, 0.717) is 0 Å². The predicted molar refractivity (Wildman–Crippen MR) is 83.7 cm³/mol. The van der Waals surface area contributed by atoms with Crippen LogP contribution in [-0.2, 0) is 0 Å². The molecule has 1 fully saturated rings. The molecule has 2 N–H and O–H groups in total. The average molecular weight is 302 g/mol. The molecule has 0 bridgehead atoms. The van der Waals surface area contributed by atoms with E-state index in [2.05, 4.69) is 4.90 Å². The fourth-order valence-electron chi connectivity index (χ4n) is 3.08. The van der Waals surface area contributed by atoms with Crippen LogP contribution in [0.4, 0.5) is 8.78 Å². The van der Waals surface area contributed by atoms with E-state index in [1.807, 2.05) is 0 Å². The second-order valence-electron chi connectivity index (χ2n) is 5.96. The van der Waals surface area contributed by atoms with Crippen LogP contribution in [0.15, 0.2) is 48.5 Å². The van der Waals surface area contributed by atoms with Gasteiger partial charge in [0.1, 0.15) is 11.6 Å². The first kappa shape index (κ1) is 15.1. The van der Waals surface area contributed by atoms with Crippen molar-refractivity contribution in [1.29, 1.82) is 0 Å². The van der Waals surface area contributed by atoms with Gasteiger partial charge >= 0.3 is 0 Å². The van der Waals surface area contributed by atoms with Crippen molar-refractivity contribution in [2.45, 2.75) is 18.4 Å². The Morgan fingerprint density at radius 3 is 1.86 bits per heavy atom. The third-order valence-corrected chi connectivity index (χ3v) is 4.29. The first-order valence-electron chi connectivity index (χ1n) is 7.60. The zero-order valence-corrected chi connectivity index (χ0v) is 12.4. The lowest BCUT2D eigenvalue weighted by Crippen LogP contribution is -2.30. The highest BCUT2D eigenvalue weighted by Crippen LogP contribution is 2.27. The fourth-order valence-corrected chi connectivity index (χ4v) is 3.08. The molecule has 1 saturated heterocycles. The summed E-state index contributed by atoms with van der Waals surface area (Å²) < 4.78 is 26.4. The smallest absolute Gasteiger partial charge is 0.123 e. The van der Waals surface area contributed by atoms with Crippen LogP contribution in [-0.4, -0.2) is 30.6 Å². The van der Waals surface area contributed by atoms with Crippen molar-refractivity contribution in [3.63, 3.8) is 0 Å². The van der Waals surface area contributed by atoms with E-state index >= 15 is 0 Å². The molecule has 1 aliphatic heterocycles. The molecule has 0 amide bonds. The van der Waals surface area contributed by atoms with E-state index in [-0.39, 0.29) is 23.6 Å². The number of halogens is 2. The van der Waals surface area contributed by atoms with Gasteiger partial charge in [-0.1, -0.05) is 24.3 Å². The minimum atomic E-state index is -0.246. The van der Waals surface area contributed by atoms with Gasteiger partial charge in [-0.25, -0.2) is 8.78 Å². The summed E-state index contributed by atoms with van der Waals surface area (Å²) in [5.41, 5.74) is 8.05. The Bertz CT molecular complexity index is 564. The topological polar surface area (TPSA) is 29.3 Å². The van der Waals surface area contributed by atoms with Gasteiger partial charge in [0.05, 0.1) is 0 Å². The molecule has 4 heteroatoms. The van der Waals surface area contributed by atoms with E-state index in [1.165, 1.54) is 24.3 Å². The highest BCUT2D eigenvalue weighted by atomic mass is 19.1. The van der Waals surface area contributed by atoms with Gasteiger partial charge in [0.2, 0.25) is 0 Å². The Morgan fingerprint density at radius 1 is 0.955 bits per heavy atom. The van der Waals surface area contributed by atoms with Gasteiger partial charge in [0.25, 0.3) is 0 Å². The summed E-state index contributed by atoms with van der Waals surface area (Å²) >= 11 is 0. The van der Waals surface area contributed by atoms with Gasteiger partial charge in [0, 0.05) is 25.0 Å². The van der Waals surface area contributed by atoms with Crippen LogP contribution in [0.5, 0.6) is 0 Å². The maximum atomic E-state index is 13.2. The molecule has 2 aromatic rings. The molecule has 1 heterocycles. The molecular formula is C18H20F2N2. The van der Waals surface area contributed by atoms with Gasteiger partial charge in [-0.05, 0) is 48.4 Å². The van der Waals surface area contributed by atoms with Gasteiger partial charge in [-0.2, -0.15) is 0 Å². The average Bonchev–Trinajstić information content (AvgIpc) is 2.92. The minimum absolute atomic E-state index is 0.0894. The number of nitrogens with zero attached hydrogens (tertiary/aromatic N) is 1. The first-order chi connectivity index (χ1) is 10.6. The van der Waals surface area contributed by atoms with Crippen LogP contribution in [0.25, 0.3) is 0 Å². The van der Waals surface area contributed by atoms with Crippen LogP contribution in [0.3, 0.4) is 0 Å². The van der Waals surface area contributed by atoms with E-state index in [1.54, 1.807) is 24.3 Å². The van der Waals surface area contributed by atoms with E-state index in [9.17, 15) is 8.78 Å². The largest absolute Gasteiger partial charge is 0.326 e. The highest BCUT2D eigenvalue weighted by Gasteiger charge is 2.24. The Morgan fingerprint density at radius 2 is 1.45 bits per heavy atom. The van der Waals surface area contributed by atoms with E-state index in [4.69, 9.17) is 5.73 Å². The molecule has 0 aromatic heterocycles. The maximum Gasteiger partial charge on any atom is 0.123 e. The number of likely N-dealkylation sites (tertiary alicyclic amines) is 1. The molecule has 2 nitrogen and oxygen atoms in total. The zero-order valence-electron chi connectivity index (χ0n) is 12.4. The number of benzene rings is 2. The van der Waals surface area contributed by atoms with E-state index < -0.39 is 0 Å². The van der Waals surface area contributed by atoms with Gasteiger partial charge in [0.15, 0.2) is 0 Å². The fraction of sp³-hybridized carbons (Fsp3) is 0.333. The standard InChI is InChI=1S/C18H20F2N2/c19-15-5-1-13(2-6-15)18(12-22-10-9-17(21)11-22)14-3-7-16(20)8-4-14/h1-8,17-18H,9-12,21H2. The van der Waals surface area contributed by atoms with Gasteiger partial charge < -0.3 is 10.6 Å². The molecule has 22 heavy (non-hydrogen) atoms. The van der Waals surface area contributed by atoms with Crippen molar-refractivity contribution in [1.82, 2.24) is 4.90 Å². The van der Waals surface area contributed by atoms with Crippen LogP contribution >= 0.6 is 0 Å². The normalized spacial score (nSPS) is 19.0. The molecular weight excluding hydrogens is 282 g/mol. The number of nitrogens with two attached hydrogens (primary N) is 1. The SMILES string of the molecule is NC1CCN(CC(c2ccc(F)cc2)c2ccc(F)cc2)C1. The maximum absolute atomic E-state index is 13.2. The summed E-state index contributed by atoms with van der Waals surface area (Å²) in [7, 11) is 0. The summed E-state index contributed by atoms with van der Waals surface area (Å²) in [5.74, 6) is -0.402. The summed E-state index contributed by atoms with van der Waals surface area (Å²) in [5, 5.41) is 0. The lowest BCUT2D eigenvalue weighted by molar-refractivity contribution is 0.323. The first-order valence-corrected chi connectivity index (χ1v) is 7.60. The molecule has 116 valence electrons. The molecule has 0 spiro atoms. The summed E-state index contributed by atoms with van der Waals surface area (Å²) in [4.78, 5) is 2.32. The Hall–Kier alpha value is -1.78. The summed E-state index contributed by atoms with van der Waals surface area (Å²) in [6, 6.07) is 13.3. The van der Waals surface area contributed by atoms with Crippen molar-refractivity contribution >= 4 is 0 Å². The third kappa shape index (κ3) is 3.51. The van der Waals surface area contributed by atoms with Crippen molar-refractivity contribution in [3.05, 3.63) is 71.3 Å². The molecule has 3 rings (SSSR count). The molecule has 0 radical (unpaired) electrons. The van der Waals surface area contributed by atoms with Crippen molar-refractivity contribution in [2.75, 3.05) is 19.6 Å². The zero-order chi connectivity index (χ0) is 15.5. The van der Waals surface area contributed by atoms with Crippen LogP contribution in [0, 0.1) is 11.6 Å².